The Bertz CT molecular complexity index is 2000. The monoisotopic (exact) mass is 2640 g/mol. The Morgan fingerprint density at radius 2 is 0.596 bits per heavy atom. The van der Waals surface area contributed by atoms with Crippen molar-refractivity contribution in [3.8, 4) is 0 Å². The Kier molecular flexibility index (Phi) is 112. The zero-order chi connectivity index (χ0) is 83.7. The van der Waals surface area contributed by atoms with E-state index in [1.54, 1.807) is 6.92 Å². The molecule has 0 saturated heterocycles. The smallest absolute Gasteiger partial charge is 0.139 e. The van der Waals surface area contributed by atoms with Crippen LogP contribution >= 0.6 is 0 Å². The fraction of sp³-hybridized carbons (Fsp3) is 0.895. The van der Waals surface area contributed by atoms with E-state index in [4.69, 9.17) is 20.4 Å². The van der Waals surface area contributed by atoms with E-state index in [0.717, 1.165) is 205 Å². The Morgan fingerprint density at radius 1 is 0.333 bits per heavy atom. The number of ketones is 5. The molecule has 6 N–H and O–H groups in total. The van der Waals surface area contributed by atoms with Crippen LogP contribution in [0.1, 0.15) is 409 Å². The molecule has 7 saturated carbocycles. The fourth-order valence-electron chi connectivity index (χ4n) is 15.4. The summed E-state index contributed by atoms with van der Waals surface area (Å²) in [6, 6.07) is 0. The van der Waals surface area contributed by atoms with Crippen LogP contribution in [0.2, 0.25) is 0 Å². The van der Waals surface area contributed by atoms with Gasteiger partial charge in [-0.2, -0.15) is 0 Å². The summed E-state index contributed by atoms with van der Waals surface area (Å²) in [6.07, 6.45) is 44.5. The number of Topliss-reactive ketones (excluding diaryl/α,β-unsaturated/α-hetero) is 5. The van der Waals surface area contributed by atoms with Gasteiger partial charge in [0.1, 0.15) is 41.5 Å². The second kappa shape index (κ2) is 92.3. The third kappa shape index (κ3) is 67.9. The topological polar surface area (TPSA) is 241 Å². The molecule has 13 nitrogen and oxygen atoms in total. The molecular formula is C95H183O13W6-3. The molecule has 0 aromatic rings. The summed E-state index contributed by atoms with van der Waals surface area (Å²) in [5, 5.41) is 55.2. The molecule has 114 heavy (non-hydrogen) atoms. The molecule has 20 unspecified atom stereocenters. The van der Waals surface area contributed by atoms with Crippen molar-refractivity contribution in [1.82, 2.24) is 0 Å². The second-order valence-corrected chi connectivity index (χ2v) is 33.1. The molecule has 0 bridgehead atoms. The molecule has 680 valence electrons. The van der Waals surface area contributed by atoms with Crippen molar-refractivity contribution in [2.24, 2.45) is 101 Å². The Balaban J connectivity index is -0.000000116. The first kappa shape index (κ1) is 139. The van der Waals surface area contributed by atoms with Gasteiger partial charge >= 0.3 is 0 Å². The van der Waals surface area contributed by atoms with Crippen molar-refractivity contribution < 1.29 is 191 Å². The number of carbonyl (C=O) groups is 7. The van der Waals surface area contributed by atoms with E-state index in [2.05, 4.69) is 111 Å². The van der Waals surface area contributed by atoms with Gasteiger partial charge in [0, 0.05) is 199 Å². The summed E-state index contributed by atoms with van der Waals surface area (Å²) < 4.78 is 0. The summed E-state index contributed by atoms with van der Waals surface area (Å²) in [5.41, 5.74) is 0. The second-order valence-electron chi connectivity index (χ2n) is 33.1. The van der Waals surface area contributed by atoms with E-state index >= 15 is 0 Å². The third-order valence-corrected chi connectivity index (χ3v) is 24.5. The van der Waals surface area contributed by atoms with Gasteiger partial charge in [0.05, 0.1) is 24.4 Å². The first-order valence-electron chi connectivity index (χ1n) is 45.4. The average molecular weight is 2640 g/mol. The Hall–Kier alpha value is 1.58. The summed E-state index contributed by atoms with van der Waals surface area (Å²) in [6.45, 7) is 55.5. The predicted molar refractivity (Wildman–Crippen MR) is 458 cm³/mol. The van der Waals surface area contributed by atoms with Crippen LogP contribution < -0.4 is 0 Å². The Labute approximate surface area is 791 Å². The van der Waals surface area contributed by atoms with Crippen LogP contribution in [0.25, 0.3) is 0 Å². The van der Waals surface area contributed by atoms with Gasteiger partial charge in [0.15, 0.2) is 0 Å². The summed E-state index contributed by atoms with van der Waals surface area (Å²) >= 11 is 0. The molecule has 0 aromatic carbocycles. The molecule has 0 heterocycles. The van der Waals surface area contributed by atoms with Crippen LogP contribution in [0.4, 0.5) is 0 Å². The normalized spacial score (nSPS) is 26.8. The van der Waals surface area contributed by atoms with Gasteiger partial charge in [0.2, 0.25) is 0 Å². The maximum Gasteiger partial charge on any atom is 0.139 e. The molecule has 0 aliphatic heterocycles. The van der Waals surface area contributed by atoms with Crippen molar-refractivity contribution in [3.63, 3.8) is 0 Å². The summed E-state index contributed by atoms with van der Waals surface area (Å²) in [5.74, 6) is 8.43. The van der Waals surface area contributed by atoms with Crippen LogP contribution in [0, 0.1) is 121 Å². The van der Waals surface area contributed by atoms with Crippen LogP contribution in [0.5, 0.6) is 0 Å². The number of aliphatic hydroxyl groups is 6. The van der Waals surface area contributed by atoms with Crippen molar-refractivity contribution >= 4 is 41.5 Å². The fourth-order valence-corrected chi connectivity index (χ4v) is 15.4. The van der Waals surface area contributed by atoms with E-state index in [9.17, 15) is 43.8 Å². The van der Waals surface area contributed by atoms with Crippen LogP contribution in [-0.2, 0) is 160 Å². The van der Waals surface area contributed by atoms with Gasteiger partial charge in [0.25, 0.3) is 0 Å². The zero-order valence-electron chi connectivity index (χ0n) is 77.2. The standard InChI is InChI=1S/C16H29O2.C16H25O2.2C10H18O.C8H13O.2C8H18O.C6H14.C5H12O.2C3H6O.C2H6O.6W/c2*1-3-12-7-5-9-14(16(12)18)10-13-8-4-6-11(2)15(13)17;2*1-3-8-6-5-7-9(4-2)10(8)11;1-6-4-3-5-7(2)8(6)9;2*1-4-7(3)6-8(9)5-2;1-4-6(3)5-2;1-3-5(6)4-2;2*1-2-3-4;1-2-3;;;;;;/h11-18H,2-10H2,1H3;11-14H,2-10H2,1H3;2*8-9H,3-7H2,1-2H3;6-7H,1,3-5H2,2H3;2*7-9H,4-6H2,1-3H3;6H,4-5H2,1-3H3;5-6H,3-4H2,1-2H3;2*3H,2H2,1H3;3H,2H2,1H3;;;;;;/q2*-1;;;-1;;;;;;;;;;;;;. The van der Waals surface area contributed by atoms with Crippen LogP contribution in [0.15, 0.2) is 0 Å². The van der Waals surface area contributed by atoms with Crippen molar-refractivity contribution in [1.29, 1.82) is 0 Å². The SMILES string of the molecule is CCC(C)CC.CCC(C)CC(O)CC.CCC(C)CC(O)CC.CCC(O)CC.CCC1CCCC(CC)C1=O.CCC1CCCC(CC)C1=O.CCC=O.CCC=O.CCO.[CH2-]C1CCCC(C)C1=O.[CH2-]C1CCCC(CC2CCCC(CC)C2=O)C1=O.[CH2-]C1CCCC(CC2CCCC(CC)C2O)C1O.[W].[W].[W].[W].[W].[W]. The number of aldehydes is 2. The maximum atomic E-state index is 12.3. The minimum absolute atomic E-state index is 0. The van der Waals surface area contributed by atoms with Gasteiger partial charge in [-0.05, 0) is 197 Å². The number of hydrogen-bond acceptors (Lipinski definition) is 13. The molecule has 7 fully saturated rings. The average Bonchev–Trinajstić information content (AvgIpc) is 0.835. The Morgan fingerprint density at radius 3 is 0.868 bits per heavy atom. The van der Waals surface area contributed by atoms with Gasteiger partial charge in [-0.1, -0.05) is 235 Å². The molecule has 0 radical (unpaired) electrons. The molecule has 0 spiro atoms. The molecule has 0 aromatic heterocycles. The van der Waals surface area contributed by atoms with E-state index in [1.165, 1.54) is 64.2 Å². The van der Waals surface area contributed by atoms with E-state index < -0.39 is 0 Å². The summed E-state index contributed by atoms with van der Waals surface area (Å²) in [4.78, 5) is 77.0. The van der Waals surface area contributed by atoms with E-state index in [0.29, 0.717) is 95.0 Å². The minimum atomic E-state index is -0.243. The zero-order valence-corrected chi connectivity index (χ0v) is 94.8. The van der Waals surface area contributed by atoms with E-state index in [-0.39, 0.29) is 205 Å². The predicted octanol–water partition coefficient (Wildman–Crippen LogP) is 23.3. The quantitative estimate of drug-likeness (QED) is 0.0390. The molecule has 0 amide bonds. The van der Waals surface area contributed by atoms with Gasteiger partial charge in [-0.3, -0.25) is 14.4 Å². The molecule has 19 heteroatoms. The largest absolute Gasteiger partial charge is 0.397 e. The number of rotatable bonds is 24. The molecule has 20 atom stereocenters. The third-order valence-electron chi connectivity index (χ3n) is 24.5. The molecule has 7 aliphatic carbocycles. The number of carbonyl (C=O) groups excluding carboxylic acids is 7. The molecular weight excluding hydrogens is 2450 g/mol. The van der Waals surface area contributed by atoms with Crippen LogP contribution in [0.3, 0.4) is 0 Å². The summed E-state index contributed by atoms with van der Waals surface area (Å²) in [7, 11) is 0. The van der Waals surface area contributed by atoms with Gasteiger partial charge in [-0.15, -0.1) is 17.8 Å². The van der Waals surface area contributed by atoms with Crippen molar-refractivity contribution in [2.45, 2.75) is 439 Å². The van der Waals surface area contributed by atoms with Crippen LogP contribution in [-0.4, -0.2) is 109 Å². The van der Waals surface area contributed by atoms with Gasteiger partial charge in [-0.25, -0.2) is 0 Å². The van der Waals surface area contributed by atoms with E-state index in [1.807, 2.05) is 48.5 Å². The minimum Gasteiger partial charge on any atom is -0.397 e. The molecule has 7 rings (SSSR count). The van der Waals surface area contributed by atoms with Crippen molar-refractivity contribution in [2.75, 3.05) is 6.61 Å². The number of aliphatic hydroxyl groups excluding tert-OH is 6. The van der Waals surface area contributed by atoms with Crippen molar-refractivity contribution in [3.05, 3.63) is 20.8 Å². The first-order chi connectivity index (χ1) is 51.3. The molecule has 7 aliphatic rings. The van der Waals surface area contributed by atoms with Gasteiger partial charge < -0.3 is 70.6 Å². The number of hydrogen-bond donors (Lipinski definition) is 6. The maximum absolute atomic E-state index is 12.3. The first-order valence-corrected chi connectivity index (χ1v) is 45.4.